The Kier molecular flexibility index (Phi) is 4.69. The fourth-order valence-corrected chi connectivity index (χ4v) is 3.03. The number of hydrogen-bond acceptors (Lipinski definition) is 3. The lowest BCUT2D eigenvalue weighted by atomic mass is 10.0. The van der Waals surface area contributed by atoms with Crippen LogP contribution in [0.5, 0.6) is 0 Å². The summed E-state index contributed by atoms with van der Waals surface area (Å²) in [6.45, 7) is 3.90. The summed E-state index contributed by atoms with van der Waals surface area (Å²) in [6, 6.07) is 9.49. The Morgan fingerprint density at radius 3 is 2.58 bits per heavy atom. The monoisotopic (exact) mass is 278 g/mol. The van der Waals surface area contributed by atoms with E-state index < -0.39 is 0 Å². The first-order valence-corrected chi connectivity index (χ1v) is 7.25. The predicted molar refractivity (Wildman–Crippen MR) is 78.6 cm³/mol. The van der Waals surface area contributed by atoms with Crippen molar-refractivity contribution in [3.63, 3.8) is 0 Å². The number of nitrogens with one attached hydrogen (secondary N) is 1. The summed E-state index contributed by atoms with van der Waals surface area (Å²) in [5, 5.41) is 0. The second kappa shape index (κ2) is 6.28. The van der Waals surface area contributed by atoms with Crippen LogP contribution in [0.15, 0.2) is 30.3 Å². The van der Waals surface area contributed by atoms with Crippen molar-refractivity contribution < 1.29 is 4.39 Å². The van der Waals surface area contributed by atoms with Gasteiger partial charge in [0.15, 0.2) is 0 Å². The molecule has 0 aliphatic carbocycles. The van der Waals surface area contributed by atoms with Gasteiger partial charge in [-0.2, -0.15) is 0 Å². The van der Waals surface area contributed by atoms with Crippen LogP contribution < -0.4 is 11.3 Å². The summed E-state index contributed by atoms with van der Waals surface area (Å²) in [7, 11) is 0. The number of benzene rings is 1. The number of halogens is 1. The van der Waals surface area contributed by atoms with Crippen molar-refractivity contribution in [3.8, 4) is 0 Å². The van der Waals surface area contributed by atoms with Crippen molar-refractivity contribution >= 4 is 11.3 Å². The van der Waals surface area contributed by atoms with Crippen LogP contribution in [0, 0.1) is 12.7 Å². The zero-order valence-electron chi connectivity index (χ0n) is 11.2. The SMILES string of the molecule is CCc1ccc(CC(NN)c2ccc(C)c(F)c2)s1. The molecule has 0 saturated carbocycles. The molecule has 0 amide bonds. The molecule has 0 aliphatic heterocycles. The molecule has 0 aliphatic rings. The smallest absolute Gasteiger partial charge is 0.126 e. The first-order chi connectivity index (χ1) is 9.13. The number of hydrazine groups is 1. The largest absolute Gasteiger partial charge is 0.271 e. The molecule has 1 heterocycles. The van der Waals surface area contributed by atoms with Gasteiger partial charge in [0.1, 0.15) is 5.82 Å². The molecular weight excluding hydrogens is 259 g/mol. The Morgan fingerprint density at radius 1 is 1.26 bits per heavy atom. The molecule has 1 atom stereocenters. The van der Waals surface area contributed by atoms with Gasteiger partial charge in [-0.15, -0.1) is 11.3 Å². The summed E-state index contributed by atoms with van der Waals surface area (Å²) in [6.07, 6.45) is 1.83. The summed E-state index contributed by atoms with van der Waals surface area (Å²) < 4.78 is 13.6. The highest BCUT2D eigenvalue weighted by atomic mass is 32.1. The third-order valence-electron chi connectivity index (χ3n) is 3.27. The van der Waals surface area contributed by atoms with E-state index in [9.17, 15) is 4.39 Å². The van der Waals surface area contributed by atoms with Gasteiger partial charge in [0.2, 0.25) is 0 Å². The first-order valence-electron chi connectivity index (χ1n) is 6.43. The lowest BCUT2D eigenvalue weighted by molar-refractivity contribution is 0.546. The van der Waals surface area contributed by atoms with E-state index in [-0.39, 0.29) is 11.9 Å². The fraction of sp³-hybridized carbons (Fsp3) is 0.333. The van der Waals surface area contributed by atoms with Crippen LogP contribution in [-0.2, 0) is 12.8 Å². The van der Waals surface area contributed by atoms with E-state index >= 15 is 0 Å². The van der Waals surface area contributed by atoms with Gasteiger partial charge in [-0.3, -0.25) is 11.3 Å². The number of thiophene rings is 1. The molecule has 1 aromatic heterocycles. The van der Waals surface area contributed by atoms with E-state index in [0.29, 0.717) is 5.56 Å². The summed E-state index contributed by atoms with van der Waals surface area (Å²) >= 11 is 1.79. The maximum absolute atomic E-state index is 13.6. The molecule has 19 heavy (non-hydrogen) atoms. The maximum atomic E-state index is 13.6. The zero-order valence-corrected chi connectivity index (χ0v) is 12.1. The molecular formula is C15H19FN2S. The van der Waals surface area contributed by atoms with Gasteiger partial charge in [-0.25, -0.2) is 4.39 Å². The number of hydrogen-bond donors (Lipinski definition) is 2. The Morgan fingerprint density at radius 2 is 2.00 bits per heavy atom. The van der Waals surface area contributed by atoms with E-state index in [1.807, 2.05) is 6.07 Å². The van der Waals surface area contributed by atoms with Gasteiger partial charge in [-0.05, 0) is 42.7 Å². The molecule has 2 rings (SSSR count). The van der Waals surface area contributed by atoms with Crippen molar-refractivity contribution in [1.29, 1.82) is 0 Å². The zero-order chi connectivity index (χ0) is 13.8. The van der Waals surface area contributed by atoms with E-state index in [1.54, 1.807) is 30.4 Å². The third kappa shape index (κ3) is 3.41. The average molecular weight is 278 g/mol. The quantitative estimate of drug-likeness (QED) is 0.649. The second-order valence-electron chi connectivity index (χ2n) is 4.65. The molecule has 0 spiro atoms. The molecule has 0 fully saturated rings. The lowest BCUT2D eigenvalue weighted by Crippen LogP contribution is -2.29. The van der Waals surface area contributed by atoms with Gasteiger partial charge in [-0.1, -0.05) is 19.1 Å². The third-order valence-corrected chi connectivity index (χ3v) is 4.52. The van der Waals surface area contributed by atoms with Crippen LogP contribution in [0.3, 0.4) is 0 Å². The van der Waals surface area contributed by atoms with E-state index in [2.05, 4.69) is 24.5 Å². The molecule has 0 bridgehead atoms. The van der Waals surface area contributed by atoms with Gasteiger partial charge in [0.25, 0.3) is 0 Å². The Labute approximate surface area is 117 Å². The average Bonchev–Trinajstić information content (AvgIpc) is 2.87. The number of aryl methyl sites for hydroxylation is 2. The highest BCUT2D eigenvalue weighted by Gasteiger charge is 2.13. The van der Waals surface area contributed by atoms with Crippen molar-refractivity contribution in [2.45, 2.75) is 32.7 Å². The lowest BCUT2D eigenvalue weighted by Gasteiger charge is -2.16. The van der Waals surface area contributed by atoms with Crippen molar-refractivity contribution in [2.24, 2.45) is 5.84 Å². The highest BCUT2D eigenvalue weighted by molar-refractivity contribution is 7.11. The molecule has 4 heteroatoms. The molecule has 2 nitrogen and oxygen atoms in total. The van der Waals surface area contributed by atoms with Crippen molar-refractivity contribution in [1.82, 2.24) is 5.43 Å². The van der Waals surface area contributed by atoms with Gasteiger partial charge in [0.05, 0.1) is 6.04 Å². The minimum atomic E-state index is -0.182. The minimum Gasteiger partial charge on any atom is -0.271 e. The summed E-state index contributed by atoms with van der Waals surface area (Å²) in [5.74, 6) is 5.43. The molecule has 3 N–H and O–H groups in total. The van der Waals surface area contributed by atoms with Gasteiger partial charge in [0, 0.05) is 16.2 Å². The van der Waals surface area contributed by atoms with Crippen LogP contribution in [0.1, 0.15) is 33.8 Å². The number of rotatable bonds is 5. The molecule has 0 radical (unpaired) electrons. The molecule has 0 saturated heterocycles. The van der Waals surface area contributed by atoms with Gasteiger partial charge >= 0.3 is 0 Å². The Balaban J connectivity index is 2.17. The Hall–Kier alpha value is -1.23. The molecule has 1 unspecified atom stereocenters. The van der Waals surface area contributed by atoms with Crippen LogP contribution >= 0.6 is 11.3 Å². The summed E-state index contributed by atoms with van der Waals surface area (Å²) in [5.41, 5.74) is 4.32. The van der Waals surface area contributed by atoms with Crippen LogP contribution in [-0.4, -0.2) is 0 Å². The Bertz CT molecular complexity index is 551. The molecule has 102 valence electrons. The normalized spacial score (nSPS) is 12.6. The van der Waals surface area contributed by atoms with Crippen molar-refractivity contribution in [3.05, 3.63) is 57.0 Å². The van der Waals surface area contributed by atoms with E-state index in [0.717, 1.165) is 18.4 Å². The van der Waals surface area contributed by atoms with Crippen LogP contribution in [0.25, 0.3) is 0 Å². The van der Waals surface area contributed by atoms with Gasteiger partial charge < -0.3 is 0 Å². The first kappa shape index (κ1) is 14.2. The summed E-state index contributed by atoms with van der Waals surface area (Å²) in [4.78, 5) is 2.63. The topological polar surface area (TPSA) is 38.0 Å². The highest BCUT2D eigenvalue weighted by Crippen LogP contribution is 2.24. The van der Waals surface area contributed by atoms with E-state index in [1.165, 1.54) is 9.75 Å². The molecule has 2 aromatic rings. The minimum absolute atomic E-state index is 0.0570. The standard InChI is InChI=1S/C15H19FN2S/c1-3-12-6-7-13(19-12)9-15(18-17)11-5-4-10(2)14(16)8-11/h4-8,15,18H,3,9,17H2,1-2H3. The van der Waals surface area contributed by atoms with E-state index in [4.69, 9.17) is 5.84 Å². The second-order valence-corrected chi connectivity index (χ2v) is 5.91. The van der Waals surface area contributed by atoms with Crippen molar-refractivity contribution in [2.75, 3.05) is 0 Å². The van der Waals surface area contributed by atoms with Crippen LogP contribution in [0.2, 0.25) is 0 Å². The predicted octanol–water partition coefficient (Wildman–Crippen LogP) is 3.51. The maximum Gasteiger partial charge on any atom is 0.126 e. The number of nitrogens with two attached hydrogens (primary N) is 1. The molecule has 1 aromatic carbocycles. The van der Waals surface area contributed by atoms with Crippen LogP contribution in [0.4, 0.5) is 4.39 Å². The fourth-order valence-electron chi connectivity index (χ4n) is 2.02.